The molecule has 1 radical (unpaired) electrons. The van der Waals surface area contributed by atoms with Gasteiger partial charge in [-0.3, -0.25) is 0 Å². The van der Waals surface area contributed by atoms with E-state index >= 15 is 0 Å². The number of hydrogen-bond acceptors (Lipinski definition) is 2. The first-order valence-electron chi connectivity index (χ1n) is 10.9. The van der Waals surface area contributed by atoms with Crippen molar-refractivity contribution in [2.75, 3.05) is 5.32 Å². The van der Waals surface area contributed by atoms with Crippen LogP contribution in [0.15, 0.2) is 108 Å². The van der Waals surface area contributed by atoms with E-state index in [1.54, 1.807) is 0 Å². The quantitative estimate of drug-likeness (QED) is 0.341. The molecule has 0 aliphatic heterocycles. The summed E-state index contributed by atoms with van der Waals surface area (Å²) in [4.78, 5) is 23.2. The molecule has 0 bridgehead atoms. The second-order valence-corrected chi connectivity index (χ2v) is 15.3. The van der Waals surface area contributed by atoms with Crippen molar-refractivity contribution in [3.8, 4) is 0 Å². The Morgan fingerprint density at radius 2 is 1.45 bits per heavy atom. The number of amides is 2. The Morgan fingerprint density at radius 3 is 2.03 bits per heavy atom. The van der Waals surface area contributed by atoms with Gasteiger partial charge >= 0.3 is 201 Å². The Balaban J connectivity index is 1.81. The van der Waals surface area contributed by atoms with Crippen LogP contribution in [0.1, 0.15) is 21.5 Å². The van der Waals surface area contributed by atoms with E-state index in [9.17, 15) is 9.59 Å². The Kier molecular flexibility index (Phi) is 6.26. The van der Waals surface area contributed by atoms with Crippen molar-refractivity contribution in [2.45, 2.75) is 10.4 Å². The van der Waals surface area contributed by atoms with E-state index in [-0.39, 0.29) is 3.93 Å². The predicted octanol–water partition coefficient (Wildman–Crippen LogP) is 3.54. The molecule has 0 aromatic heterocycles. The van der Waals surface area contributed by atoms with E-state index in [4.69, 9.17) is 0 Å². The van der Waals surface area contributed by atoms with Crippen LogP contribution in [0.2, 0.25) is 0 Å². The summed E-state index contributed by atoms with van der Waals surface area (Å²) in [5.41, 5.74) is 6.05. The molecule has 0 spiro atoms. The summed E-state index contributed by atoms with van der Waals surface area (Å²) in [7, 11) is 0. The normalized spacial score (nSPS) is 16.5. The SMILES string of the molecule is O=CNC1=C(C2=CC=CC2)[CH]([Sn]([c]2ccccc2)[c]2ccccc2)c2cccc(NC=O)c21. The summed E-state index contributed by atoms with van der Waals surface area (Å²) in [5, 5.41) is 5.88. The number of anilines is 1. The number of rotatable bonds is 8. The molecule has 0 heterocycles. The molecule has 2 amide bonds. The fourth-order valence-electron chi connectivity index (χ4n) is 4.95. The Morgan fingerprint density at radius 1 is 0.788 bits per heavy atom. The van der Waals surface area contributed by atoms with Gasteiger partial charge in [-0.25, -0.2) is 0 Å². The Hall–Kier alpha value is -3.38. The molecule has 1 unspecified atom stereocenters. The number of carbonyl (C=O) groups excluding carboxylic acids is 2. The molecule has 4 nitrogen and oxygen atoms in total. The maximum atomic E-state index is 11.8. The van der Waals surface area contributed by atoms with Crippen LogP contribution in [0.5, 0.6) is 0 Å². The average Bonchev–Trinajstić information content (AvgIpc) is 3.49. The molecule has 1 atom stereocenters. The van der Waals surface area contributed by atoms with Crippen molar-refractivity contribution >= 4 is 51.1 Å². The standard InChI is InChI=1S/C16H13N2O2.2C6H5.Sn/c19-9-17-14-7-3-6-12-8-13(11-4-1-2-5-11)16(15(12)14)18-10-20;2*1-2-4-6-5-3-1;/h1-4,6-10H,5H2,(H,17,19)(H,18,20);2*1-5H;. The van der Waals surface area contributed by atoms with Gasteiger partial charge in [0.15, 0.2) is 0 Å². The monoisotopic (exact) mass is 539 g/mol. The molecule has 2 N–H and O–H groups in total. The van der Waals surface area contributed by atoms with Crippen molar-refractivity contribution in [1.82, 2.24) is 5.32 Å². The third-order valence-corrected chi connectivity index (χ3v) is 15.0. The third-order valence-electron chi connectivity index (χ3n) is 6.21. The summed E-state index contributed by atoms with van der Waals surface area (Å²) >= 11 is -2.64. The summed E-state index contributed by atoms with van der Waals surface area (Å²) in [5.74, 6) is 0. The minimum atomic E-state index is -2.64. The van der Waals surface area contributed by atoms with Crippen LogP contribution in [0, 0.1) is 0 Å². The molecule has 5 heteroatoms. The van der Waals surface area contributed by atoms with Crippen LogP contribution in [-0.4, -0.2) is 32.6 Å². The summed E-state index contributed by atoms with van der Waals surface area (Å²) in [6, 6.07) is 27.6. The van der Waals surface area contributed by atoms with Gasteiger partial charge in [0.1, 0.15) is 0 Å². The summed E-state index contributed by atoms with van der Waals surface area (Å²) in [6.45, 7) is 0. The molecule has 0 saturated carbocycles. The van der Waals surface area contributed by atoms with Gasteiger partial charge in [0.2, 0.25) is 0 Å². The number of allylic oxidation sites excluding steroid dienone is 5. The molecule has 0 fully saturated rings. The van der Waals surface area contributed by atoms with Gasteiger partial charge in [0.25, 0.3) is 0 Å². The van der Waals surface area contributed by atoms with Crippen LogP contribution < -0.4 is 17.8 Å². The fraction of sp³-hybridized carbons (Fsp3) is 0.0714. The maximum absolute atomic E-state index is 11.8. The van der Waals surface area contributed by atoms with Gasteiger partial charge in [0.05, 0.1) is 0 Å². The second kappa shape index (κ2) is 9.63. The first kappa shape index (κ1) is 21.5. The van der Waals surface area contributed by atoms with Crippen LogP contribution in [0.25, 0.3) is 5.70 Å². The van der Waals surface area contributed by atoms with Crippen LogP contribution >= 0.6 is 0 Å². The summed E-state index contributed by atoms with van der Waals surface area (Å²) in [6.07, 6.45) is 8.67. The average molecular weight is 538 g/mol. The third kappa shape index (κ3) is 3.95. The first-order valence-corrected chi connectivity index (χ1v) is 15.4. The van der Waals surface area contributed by atoms with E-state index in [2.05, 4.69) is 95.6 Å². The van der Waals surface area contributed by atoms with Crippen molar-refractivity contribution in [2.24, 2.45) is 0 Å². The predicted molar refractivity (Wildman–Crippen MR) is 135 cm³/mol. The van der Waals surface area contributed by atoms with Gasteiger partial charge < -0.3 is 0 Å². The number of benzene rings is 3. The van der Waals surface area contributed by atoms with Gasteiger partial charge in [-0.1, -0.05) is 0 Å². The number of carbonyl (C=O) groups is 2. The van der Waals surface area contributed by atoms with E-state index in [0.29, 0.717) is 6.41 Å². The molecular weight excluding hydrogens is 515 g/mol. The van der Waals surface area contributed by atoms with Gasteiger partial charge in [0, 0.05) is 0 Å². The molecule has 3 aromatic carbocycles. The van der Waals surface area contributed by atoms with Gasteiger partial charge in [-0.2, -0.15) is 0 Å². The van der Waals surface area contributed by atoms with E-state index < -0.39 is 19.8 Å². The molecule has 33 heavy (non-hydrogen) atoms. The first-order chi connectivity index (χ1) is 16.3. The minimum absolute atomic E-state index is 0.161. The van der Waals surface area contributed by atoms with E-state index in [1.807, 2.05) is 12.1 Å². The molecule has 5 rings (SSSR count). The molecule has 2 aliphatic carbocycles. The zero-order valence-corrected chi connectivity index (χ0v) is 20.8. The van der Waals surface area contributed by atoms with Gasteiger partial charge in [-0.15, -0.1) is 0 Å². The molecule has 0 saturated heterocycles. The number of fused-ring (bicyclic) bond motifs is 1. The zero-order chi connectivity index (χ0) is 22.6. The fourth-order valence-corrected chi connectivity index (χ4v) is 14.3. The second-order valence-electron chi connectivity index (χ2n) is 7.99. The van der Waals surface area contributed by atoms with Crippen molar-refractivity contribution < 1.29 is 9.59 Å². The molecular formula is C28H23N2O2Sn. The van der Waals surface area contributed by atoms with Gasteiger partial charge in [-0.05, 0) is 0 Å². The van der Waals surface area contributed by atoms with Crippen LogP contribution in [0.4, 0.5) is 5.69 Å². The molecule has 2 aliphatic rings. The topological polar surface area (TPSA) is 58.2 Å². The van der Waals surface area contributed by atoms with E-state index in [1.165, 1.54) is 23.9 Å². The van der Waals surface area contributed by atoms with E-state index in [0.717, 1.165) is 29.8 Å². The van der Waals surface area contributed by atoms with Crippen LogP contribution in [-0.2, 0) is 9.59 Å². The molecule has 3 aromatic rings. The number of hydrogen-bond donors (Lipinski definition) is 2. The van der Waals surface area contributed by atoms with Crippen molar-refractivity contribution in [3.63, 3.8) is 0 Å². The Labute approximate surface area is 200 Å². The summed E-state index contributed by atoms with van der Waals surface area (Å²) < 4.78 is 2.95. The zero-order valence-electron chi connectivity index (χ0n) is 18.0. The Bertz CT molecular complexity index is 1240. The van der Waals surface area contributed by atoms with Crippen molar-refractivity contribution in [1.29, 1.82) is 0 Å². The van der Waals surface area contributed by atoms with Crippen molar-refractivity contribution in [3.05, 3.63) is 119 Å². The molecule has 161 valence electrons. The van der Waals surface area contributed by atoms with Crippen LogP contribution in [0.3, 0.4) is 0 Å². The number of nitrogens with one attached hydrogen (secondary N) is 2.